The Balaban J connectivity index is 1.01. The maximum Gasteiger partial charge on any atom is 0.261 e. The molecule has 3 aliphatic rings. The van der Waals surface area contributed by atoms with Crippen LogP contribution >= 0.6 is 0 Å². The van der Waals surface area contributed by atoms with Crippen molar-refractivity contribution in [3.05, 3.63) is 163 Å². The third-order valence-corrected chi connectivity index (χ3v) is 27.3. The molecule has 13 heteroatoms. The lowest BCUT2D eigenvalue weighted by Crippen LogP contribution is -2.66. The zero-order valence-corrected chi connectivity index (χ0v) is 54.5. The van der Waals surface area contributed by atoms with Gasteiger partial charge in [0.1, 0.15) is 12.5 Å². The predicted molar refractivity (Wildman–Crippen MR) is 338 cm³/mol. The second kappa shape index (κ2) is 29.4. The molecule has 11 nitrogen and oxygen atoms in total. The summed E-state index contributed by atoms with van der Waals surface area (Å²) in [5.74, 6) is -0.800. The van der Waals surface area contributed by atoms with E-state index in [9.17, 15) is 4.79 Å². The third-order valence-electron chi connectivity index (χ3n) is 17.7. The molecule has 7 rings (SSSR count). The monoisotopic (exact) mass is 1170 g/mol. The van der Waals surface area contributed by atoms with Crippen LogP contribution in [0.2, 0.25) is 23.2 Å². The fourth-order valence-corrected chi connectivity index (χ4v) is 18.1. The van der Waals surface area contributed by atoms with Crippen LogP contribution in [0.1, 0.15) is 138 Å². The lowest BCUT2D eigenvalue weighted by atomic mass is 9.76. The van der Waals surface area contributed by atoms with Gasteiger partial charge in [-0.2, -0.15) is 0 Å². The van der Waals surface area contributed by atoms with Crippen molar-refractivity contribution in [3.63, 3.8) is 0 Å². The number of rotatable bonds is 28. The van der Waals surface area contributed by atoms with Gasteiger partial charge in [-0.15, -0.1) is 0 Å². The van der Waals surface area contributed by atoms with Crippen LogP contribution in [0.15, 0.2) is 152 Å². The zero-order valence-electron chi connectivity index (χ0n) is 52.5. The molecule has 0 N–H and O–H groups in total. The Morgan fingerprint density at radius 1 is 0.687 bits per heavy atom. The first-order valence-electron chi connectivity index (χ1n) is 30.4. The summed E-state index contributed by atoms with van der Waals surface area (Å²) >= 11 is 0. The minimum absolute atomic E-state index is 0.0312. The number of hydrogen-bond acceptors (Lipinski definition) is 11. The summed E-state index contributed by atoms with van der Waals surface area (Å²) in [5.41, 5.74) is 3.58. The lowest BCUT2D eigenvalue weighted by molar-refractivity contribution is -0.285. The van der Waals surface area contributed by atoms with Crippen molar-refractivity contribution in [1.82, 2.24) is 0 Å². The van der Waals surface area contributed by atoms with Crippen molar-refractivity contribution in [3.8, 4) is 5.75 Å². The van der Waals surface area contributed by atoms with E-state index in [1.165, 1.54) is 15.9 Å². The number of ketones is 1. The van der Waals surface area contributed by atoms with Gasteiger partial charge >= 0.3 is 0 Å². The van der Waals surface area contributed by atoms with Crippen molar-refractivity contribution in [1.29, 1.82) is 0 Å². The average Bonchev–Trinajstić information content (AvgIpc) is 3.34. The number of carbonyl (C=O) groups excluding carboxylic acids is 1. The van der Waals surface area contributed by atoms with Gasteiger partial charge in [-0.3, -0.25) is 4.79 Å². The average molecular weight is 1170 g/mol. The van der Waals surface area contributed by atoms with Crippen molar-refractivity contribution >= 4 is 32.8 Å². The molecule has 0 radical (unpaired) electrons. The van der Waals surface area contributed by atoms with Crippen molar-refractivity contribution < 1.29 is 51.5 Å². The van der Waals surface area contributed by atoms with E-state index in [1.54, 1.807) is 14.2 Å². The highest BCUT2D eigenvalue weighted by molar-refractivity contribution is 6.99. The zero-order chi connectivity index (χ0) is 60.1. The van der Waals surface area contributed by atoms with Gasteiger partial charge in [0.15, 0.2) is 14.1 Å². The first-order valence-corrected chi connectivity index (χ1v) is 35.2. The number of Topliss-reactive ketones (excluding diaryl/α,β-unsaturated/α-hetero) is 1. The van der Waals surface area contributed by atoms with Crippen LogP contribution in [0.3, 0.4) is 0 Å². The minimum Gasteiger partial charge on any atom is -0.497 e. The smallest absolute Gasteiger partial charge is 0.261 e. The van der Waals surface area contributed by atoms with Gasteiger partial charge in [0.2, 0.25) is 5.79 Å². The van der Waals surface area contributed by atoms with Gasteiger partial charge in [-0.1, -0.05) is 195 Å². The SMILES string of the molecule is C=C1C[C@H](C[C@@H]2CC(=C)C[C@H](C=CC(C)(C)[C@]3(OC)O[C@H](C[C@@H](O[Si](C)(C)C(C)(C)C)[C@@H](C)OCOCc4ccccc4)CCC3=O)O2)O[C@H](CC(CCO[Si](c2ccccc2)(c2ccccc2)C(C)(C)C)OCc2ccc(OC)cc2)C1. The van der Waals surface area contributed by atoms with E-state index in [0.29, 0.717) is 64.8 Å². The molecule has 3 aliphatic heterocycles. The van der Waals surface area contributed by atoms with Crippen LogP contribution in [0.5, 0.6) is 5.75 Å². The molecule has 83 heavy (non-hydrogen) atoms. The molecular weight excluding hydrogens is 1070 g/mol. The van der Waals surface area contributed by atoms with Crippen molar-refractivity contribution in [2.75, 3.05) is 27.6 Å². The summed E-state index contributed by atoms with van der Waals surface area (Å²) in [6.45, 7) is 34.9. The molecule has 1 unspecified atom stereocenters. The quantitative estimate of drug-likeness (QED) is 0.0235. The highest BCUT2D eigenvalue weighted by atomic mass is 28.4. The molecule has 0 saturated carbocycles. The normalized spacial score (nSPS) is 23.5. The maximum atomic E-state index is 14.2. The highest BCUT2D eigenvalue weighted by Crippen LogP contribution is 2.46. The minimum atomic E-state index is -2.77. The van der Waals surface area contributed by atoms with Gasteiger partial charge < -0.3 is 46.7 Å². The Morgan fingerprint density at radius 2 is 1.27 bits per heavy atom. The number of ether oxygens (including phenoxy) is 8. The second-order valence-electron chi connectivity index (χ2n) is 26.6. The van der Waals surface area contributed by atoms with E-state index < -0.39 is 27.8 Å². The van der Waals surface area contributed by atoms with Crippen molar-refractivity contribution in [2.24, 2.45) is 5.41 Å². The van der Waals surface area contributed by atoms with Crippen molar-refractivity contribution in [2.45, 2.75) is 218 Å². The van der Waals surface area contributed by atoms with E-state index in [0.717, 1.165) is 41.7 Å². The molecule has 0 spiro atoms. The van der Waals surface area contributed by atoms with E-state index in [1.807, 2.05) is 63.2 Å². The van der Waals surface area contributed by atoms with Gasteiger partial charge in [-0.05, 0) is 102 Å². The Labute approximate surface area is 501 Å². The Bertz CT molecular complexity index is 2640. The van der Waals surface area contributed by atoms with Gasteiger partial charge in [0.25, 0.3) is 8.32 Å². The maximum absolute atomic E-state index is 14.2. The number of methoxy groups -OCH3 is 2. The molecule has 4 aromatic rings. The lowest BCUT2D eigenvalue weighted by Gasteiger charge is -2.48. The van der Waals surface area contributed by atoms with E-state index in [4.69, 9.17) is 46.7 Å². The Hall–Kier alpha value is -4.36. The first kappa shape index (κ1) is 66.2. The summed E-state index contributed by atoms with van der Waals surface area (Å²) < 4.78 is 66.3. The van der Waals surface area contributed by atoms with Crippen LogP contribution in [0.25, 0.3) is 0 Å². The van der Waals surface area contributed by atoms with Crippen LogP contribution in [-0.2, 0) is 60.0 Å². The van der Waals surface area contributed by atoms with Crippen LogP contribution < -0.4 is 15.1 Å². The fourth-order valence-electron chi connectivity index (χ4n) is 12.1. The fraction of sp³-hybridized carbons (Fsp3) is 0.557. The molecule has 3 fully saturated rings. The predicted octanol–water partition coefficient (Wildman–Crippen LogP) is 14.6. The van der Waals surface area contributed by atoms with Gasteiger partial charge in [0.05, 0.1) is 69.2 Å². The molecule has 3 saturated heterocycles. The molecular formula is C70H100O11Si2. The van der Waals surface area contributed by atoms with E-state index >= 15 is 0 Å². The third kappa shape index (κ3) is 17.4. The van der Waals surface area contributed by atoms with Gasteiger partial charge in [0, 0.05) is 44.8 Å². The molecule has 0 bridgehead atoms. The molecule has 0 aliphatic carbocycles. The second-order valence-corrected chi connectivity index (χ2v) is 35.7. The largest absolute Gasteiger partial charge is 0.497 e. The molecule has 4 aromatic carbocycles. The first-order chi connectivity index (χ1) is 39.4. The highest BCUT2D eigenvalue weighted by Gasteiger charge is 2.56. The Morgan fingerprint density at radius 3 is 1.86 bits per heavy atom. The van der Waals surface area contributed by atoms with E-state index in [2.05, 4.69) is 153 Å². The molecule has 0 aromatic heterocycles. The van der Waals surface area contributed by atoms with Crippen LogP contribution in [0.4, 0.5) is 0 Å². The summed E-state index contributed by atoms with van der Waals surface area (Å²) in [6.07, 6.45) is 8.91. The van der Waals surface area contributed by atoms with Crippen LogP contribution in [0, 0.1) is 5.41 Å². The number of hydrogen-bond donors (Lipinski definition) is 0. The molecule has 454 valence electrons. The summed E-state index contributed by atoms with van der Waals surface area (Å²) in [6, 6.07) is 39.8. The molecule has 0 amide bonds. The number of carbonyl (C=O) groups is 1. The number of benzene rings is 4. The molecule has 3 heterocycles. The summed E-state index contributed by atoms with van der Waals surface area (Å²) in [4.78, 5) is 14.2. The summed E-state index contributed by atoms with van der Waals surface area (Å²) in [5, 5.41) is 2.33. The molecule has 9 atom stereocenters. The van der Waals surface area contributed by atoms with Gasteiger partial charge in [-0.25, -0.2) is 0 Å². The van der Waals surface area contributed by atoms with Crippen LogP contribution in [-0.4, -0.2) is 105 Å². The standard InChI is InChI=1S/C70H100O11Si2/c1-51-41-58(37-39-69(10,11)70(73-13)66(71)36-35-59(80-70)47-65(81-82(14,15)67(4,5)6)53(3)76-50-74-48-54-25-19-16-20-26-54)78-61(42-51)46-62-44-52(2)43-60(79-62)45-57(75-49-55-31-33-56(72-12)34-32-55)38-40-77-83(68(7,8)9,63-27-21-17-22-28-63)64-29-23-18-24-30-64/h16-34,37,39,53,57-62,65H,1-2,35-36,38,40-50H2,3-15H3/t53-,57?,58+,59+,60+,61+,62-,65-,70-/m1/s1. The topological polar surface area (TPSA) is 109 Å². The van der Waals surface area contributed by atoms with E-state index in [-0.39, 0.29) is 71.5 Å². The summed E-state index contributed by atoms with van der Waals surface area (Å²) in [7, 11) is -1.77. The Kier molecular flexibility index (Phi) is 23.4.